The normalized spacial score (nSPS) is 17.6. The van der Waals surface area contributed by atoms with E-state index in [9.17, 15) is 18.9 Å². The number of hydrogen-bond donors (Lipinski definition) is 0. The fraction of sp³-hybridized carbons (Fsp3) is 0.700. The Morgan fingerprint density at radius 1 is 1.41 bits per heavy atom. The van der Waals surface area contributed by atoms with Crippen molar-refractivity contribution in [2.45, 2.75) is 44.6 Å². The molecular formula is C10H13F2N3O2. The number of alkyl halides is 2. The molecule has 1 aliphatic rings. The van der Waals surface area contributed by atoms with Crippen molar-refractivity contribution in [3.8, 4) is 0 Å². The van der Waals surface area contributed by atoms with Crippen LogP contribution in [0, 0.1) is 10.1 Å². The fourth-order valence-electron chi connectivity index (χ4n) is 2.22. The van der Waals surface area contributed by atoms with E-state index < -0.39 is 22.7 Å². The van der Waals surface area contributed by atoms with Crippen molar-refractivity contribution in [2.75, 3.05) is 0 Å². The SMILES string of the molecule is O=[N+]([O-])c1cn(C2CCCCC2)nc1C(F)F. The highest BCUT2D eigenvalue weighted by molar-refractivity contribution is 5.33. The van der Waals surface area contributed by atoms with E-state index in [1.54, 1.807) is 0 Å². The Labute approximate surface area is 96.6 Å². The number of aromatic nitrogens is 2. The van der Waals surface area contributed by atoms with Crippen LogP contribution in [-0.4, -0.2) is 14.7 Å². The molecule has 1 aromatic heterocycles. The molecule has 0 radical (unpaired) electrons. The molecule has 0 spiro atoms. The molecule has 17 heavy (non-hydrogen) atoms. The Morgan fingerprint density at radius 2 is 2.06 bits per heavy atom. The Kier molecular flexibility index (Phi) is 3.35. The highest BCUT2D eigenvalue weighted by Gasteiger charge is 2.29. The van der Waals surface area contributed by atoms with E-state index in [0.717, 1.165) is 38.3 Å². The third kappa shape index (κ3) is 2.42. The second-order valence-corrected chi connectivity index (χ2v) is 4.23. The third-order valence-electron chi connectivity index (χ3n) is 3.09. The minimum absolute atomic E-state index is 0.0231. The summed E-state index contributed by atoms with van der Waals surface area (Å²) >= 11 is 0. The monoisotopic (exact) mass is 245 g/mol. The van der Waals surface area contributed by atoms with Gasteiger partial charge in [0.2, 0.25) is 5.69 Å². The Bertz CT molecular complexity index is 414. The zero-order valence-electron chi connectivity index (χ0n) is 9.18. The van der Waals surface area contributed by atoms with Gasteiger partial charge in [0, 0.05) is 0 Å². The first-order valence-corrected chi connectivity index (χ1v) is 5.61. The summed E-state index contributed by atoms with van der Waals surface area (Å²) in [5, 5.41) is 14.3. The number of halogens is 2. The van der Waals surface area contributed by atoms with Gasteiger partial charge in [-0.2, -0.15) is 5.10 Å². The van der Waals surface area contributed by atoms with Crippen LogP contribution in [0.5, 0.6) is 0 Å². The van der Waals surface area contributed by atoms with Crippen molar-refractivity contribution in [1.29, 1.82) is 0 Å². The molecular weight excluding hydrogens is 232 g/mol. The molecule has 1 aliphatic carbocycles. The van der Waals surface area contributed by atoms with Gasteiger partial charge in [0.25, 0.3) is 6.43 Å². The quantitative estimate of drug-likeness (QED) is 0.606. The van der Waals surface area contributed by atoms with Gasteiger partial charge in [-0.25, -0.2) is 8.78 Å². The van der Waals surface area contributed by atoms with Gasteiger partial charge in [0.1, 0.15) is 6.20 Å². The summed E-state index contributed by atoms with van der Waals surface area (Å²) in [4.78, 5) is 9.84. The standard InChI is InChI=1S/C10H13F2N3O2/c11-10(12)9-8(15(16)17)6-14(13-9)7-4-2-1-3-5-7/h6-7,10H,1-5H2. The van der Waals surface area contributed by atoms with E-state index in [0.29, 0.717) is 0 Å². The number of hydrogen-bond acceptors (Lipinski definition) is 3. The summed E-state index contributed by atoms with van der Waals surface area (Å²) in [5.74, 6) is 0. The summed E-state index contributed by atoms with van der Waals surface area (Å²) in [6, 6.07) is 0.0231. The van der Waals surface area contributed by atoms with Crippen LogP contribution < -0.4 is 0 Å². The molecule has 7 heteroatoms. The van der Waals surface area contributed by atoms with Crippen molar-refractivity contribution < 1.29 is 13.7 Å². The van der Waals surface area contributed by atoms with E-state index in [1.807, 2.05) is 0 Å². The lowest BCUT2D eigenvalue weighted by atomic mass is 9.96. The van der Waals surface area contributed by atoms with Crippen molar-refractivity contribution in [3.05, 3.63) is 22.0 Å². The largest absolute Gasteiger partial charge is 0.316 e. The average molecular weight is 245 g/mol. The van der Waals surface area contributed by atoms with Crippen LogP contribution in [0.1, 0.15) is 50.3 Å². The third-order valence-corrected chi connectivity index (χ3v) is 3.09. The predicted octanol–water partition coefficient (Wildman–Crippen LogP) is 3.23. The summed E-state index contributed by atoms with van der Waals surface area (Å²) in [7, 11) is 0. The maximum atomic E-state index is 12.6. The molecule has 1 fully saturated rings. The van der Waals surface area contributed by atoms with Crippen LogP contribution in [0.25, 0.3) is 0 Å². The lowest BCUT2D eigenvalue weighted by Gasteiger charge is -2.21. The summed E-state index contributed by atoms with van der Waals surface area (Å²) in [6.45, 7) is 0. The van der Waals surface area contributed by atoms with Gasteiger partial charge in [-0.05, 0) is 12.8 Å². The smallest absolute Gasteiger partial charge is 0.262 e. The molecule has 0 atom stereocenters. The molecule has 1 heterocycles. The number of nitro groups is 1. The fourth-order valence-corrected chi connectivity index (χ4v) is 2.22. The molecule has 0 aliphatic heterocycles. The lowest BCUT2D eigenvalue weighted by molar-refractivity contribution is -0.386. The van der Waals surface area contributed by atoms with Gasteiger partial charge in [0.05, 0.1) is 11.0 Å². The predicted molar refractivity (Wildman–Crippen MR) is 56.0 cm³/mol. The highest BCUT2D eigenvalue weighted by atomic mass is 19.3. The molecule has 0 saturated heterocycles. The zero-order chi connectivity index (χ0) is 12.4. The Morgan fingerprint density at radius 3 is 2.53 bits per heavy atom. The molecule has 0 bridgehead atoms. The van der Waals surface area contributed by atoms with E-state index in [-0.39, 0.29) is 6.04 Å². The lowest BCUT2D eigenvalue weighted by Crippen LogP contribution is -2.13. The van der Waals surface area contributed by atoms with Gasteiger partial charge in [-0.15, -0.1) is 0 Å². The van der Waals surface area contributed by atoms with Crippen LogP contribution in [0.3, 0.4) is 0 Å². The van der Waals surface area contributed by atoms with Gasteiger partial charge in [-0.3, -0.25) is 14.8 Å². The van der Waals surface area contributed by atoms with Gasteiger partial charge in [0.15, 0.2) is 0 Å². The second-order valence-electron chi connectivity index (χ2n) is 4.23. The Balaban J connectivity index is 2.29. The van der Waals surface area contributed by atoms with Gasteiger partial charge >= 0.3 is 5.69 Å². The molecule has 0 unspecified atom stereocenters. The molecule has 5 nitrogen and oxygen atoms in total. The van der Waals surface area contributed by atoms with Crippen LogP contribution in [-0.2, 0) is 0 Å². The molecule has 0 N–H and O–H groups in total. The number of nitrogens with zero attached hydrogens (tertiary/aromatic N) is 3. The molecule has 0 aromatic carbocycles. The summed E-state index contributed by atoms with van der Waals surface area (Å²) in [5.41, 5.74) is -1.30. The van der Waals surface area contributed by atoms with Crippen molar-refractivity contribution in [2.24, 2.45) is 0 Å². The minimum Gasteiger partial charge on any atom is -0.262 e. The average Bonchev–Trinajstić information content (AvgIpc) is 2.75. The van der Waals surface area contributed by atoms with E-state index in [4.69, 9.17) is 0 Å². The first kappa shape index (κ1) is 11.9. The highest BCUT2D eigenvalue weighted by Crippen LogP contribution is 2.32. The van der Waals surface area contributed by atoms with Crippen molar-refractivity contribution in [3.63, 3.8) is 0 Å². The number of rotatable bonds is 3. The van der Waals surface area contributed by atoms with E-state index in [1.165, 1.54) is 4.68 Å². The topological polar surface area (TPSA) is 61.0 Å². The van der Waals surface area contributed by atoms with Crippen LogP contribution in [0.15, 0.2) is 6.20 Å². The van der Waals surface area contributed by atoms with Gasteiger partial charge < -0.3 is 0 Å². The molecule has 1 aromatic rings. The van der Waals surface area contributed by atoms with Crippen LogP contribution >= 0.6 is 0 Å². The minimum atomic E-state index is -2.90. The molecule has 0 amide bonds. The van der Waals surface area contributed by atoms with Crippen LogP contribution in [0.2, 0.25) is 0 Å². The summed E-state index contributed by atoms with van der Waals surface area (Å²) < 4.78 is 26.5. The van der Waals surface area contributed by atoms with E-state index >= 15 is 0 Å². The van der Waals surface area contributed by atoms with Crippen molar-refractivity contribution >= 4 is 5.69 Å². The zero-order valence-corrected chi connectivity index (χ0v) is 9.18. The maximum Gasteiger partial charge on any atom is 0.316 e. The first-order valence-electron chi connectivity index (χ1n) is 5.61. The molecule has 94 valence electrons. The first-order chi connectivity index (χ1) is 8.09. The maximum absolute atomic E-state index is 12.6. The van der Waals surface area contributed by atoms with Crippen LogP contribution in [0.4, 0.5) is 14.5 Å². The molecule has 2 rings (SSSR count). The second kappa shape index (κ2) is 4.77. The summed E-state index contributed by atoms with van der Waals surface area (Å²) in [6.07, 6.45) is 3.09. The van der Waals surface area contributed by atoms with Gasteiger partial charge in [-0.1, -0.05) is 19.3 Å². The Hall–Kier alpha value is -1.53. The molecule has 1 saturated carbocycles. The van der Waals surface area contributed by atoms with Crippen molar-refractivity contribution in [1.82, 2.24) is 9.78 Å². The van der Waals surface area contributed by atoms with E-state index in [2.05, 4.69) is 5.10 Å².